The van der Waals surface area contributed by atoms with Crippen molar-refractivity contribution < 1.29 is 14.4 Å². The van der Waals surface area contributed by atoms with Crippen molar-refractivity contribution in [2.24, 2.45) is 23.7 Å². The normalized spacial score (nSPS) is 31.7. The summed E-state index contributed by atoms with van der Waals surface area (Å²) in [6.07, 6.45) is 7.94. The Labute approximate surface area is 137 Å². The van der Waals surface area contributed by atoms with E-state index in [9.17, 15) is 14.4 Å². The Morgan fingerprint density at radius 3 is 1.91 bits per heavy atom. The molecule has 0 N–H and O–H groups in total. The van der Waals surface area contributed by atoms with E-state index in [4.69, 9.17) is 0 Å². The molecule has 4 rings (SSSR count). The van der Waals surface area contributed by atoms with Gasteiger partial charge in [0.1, 0.15) is 6.54 Å². The Morgan fingerprint density at radius 2 is 1.52 bits per heavy atom. The number of hydrogen-bond donors (Lipinski definition) is 0. The smallest absolute Gasteiger partial charge is 0.242 e. The van der Waals surface area contributed by atoms with Crippen LogP contribution >= 0.6 is 0 Å². The van der Waals surface area contributed by atoms with Gasteiger partial charge in [0.2, 0.25) is 17.7 Å². The molecule has 0 aromatic heterocycles. The summed E-state index contributed by atoms with van der Waals surface area (Å²) in [4.78, 5) is 41.0. The monoisotopic (exact) mass is 318 g/mol. The number of nitrogens with zero attached hydrogens (tertiary/aromatic N) is 2. The van der Waals surface area contributed by atoms with Gasteiger partial charge in [-0.2, -0.15) is 0 Å². The van der Waals surface area contributed by atoms with Gasteiger partial charge in [-0.3, -0.25) is 19.3 Å². The van der Waals surface area contributed by atoms with Gasteiger partial charge in [-0.1, -0.05) is 26.0 Å². The summed E-state index contributed by atoms with van der Waals surface area (Å²) in [5, 5.41) is 0. The van der Waals surface area contributed by atoms with Gasteiger partial charge >= 0.3 is 0 Å². The number of hydrogen-bond acceptors (Lipinski definition) is 3. The van der Waals surface area contributed by atoms with Gasteiger partial charge in [-0.05, 0) is 37.5 Å². The molecule has 3 amide bonds. The molecule has 1 saturated carbocycles. The van der Waals surface area contributed by atoms with Crippen LogP contribution in [0.2, 0.25) is 0 Å². The minimum atomic E-state index is -0.218. The van der Waals surface area contributed by atoms with Crippen molar-refractivity contribution in [3.63, 3.8) is 0 Å². The van der Waals surface area contributed by atoms with Gasteiger partial charge in [0.25, 0.3) is 0 Å². The predicted octanol–water partition coefficient (Wildman–Crippen LogP) is 1.83. The first-order valence-electron chi connectivity index (χ1n) is 8.89. The highest BCUT2D eigenvalue weighted by Crippen LogP contribution is 2.49. The third-order valence-electron chi connectivity index (χ3n) is 5.48. The van der Waals surface area contributed by atoms with E-state index < -0.39 is 0 Å². The van der Waals surface area contributed by atoms with Crippen LogP contribution in [0.1, 0.15) is 39.5 Å². The number of carbonyl (C=O) groups excluding carboxylic acids is 3. The Bertz CT molecular complexity index is 504. The first-order valence-corrected chi connectivity index (χ1v) is 8.89. The molecule has 2 bridgehead atoms. The lowest BCUT2D eigenvalue weighted by molar-refractivity contribution is -0.146. The molecule has 126 valence electrons. The summed E-state index contributed by atoms with van der Waals surface area (Å²) in [6, 6.07) is 0. The van der Waals surface area contributed by atoms with Crippen molar-refractivity contribution in [1.82, 2.24) is 9.80 Å². The highest BCUT2D eigenvalue weighted by atomic mass is 16.2. The zero-order valence-electron chi connectivity index (χ0n) is 14.0. The van der Waals surface area contributed by atoms with Gasteiger partial charge in [0, 0.05) is 13.1 Å². The summed E-state index contributed by atoms with van der Waals surface area (Å²) in [5.41, 5.74) is 0. The summed E-state index contributed by atoms with van der Waals surface area (Å²) in [5.74, 6) is -0.419. The number of carbonyl (C=O) groups is 3. The average molecular weight is 318 g/mol. The van der Waals surface area contributed by atoms with Gasteiger partial charge in [-0.25, -0.2) is 0 Å². The number of fused-ring (bicyclic) bond motifs is 1. The minimum absolute atomic E-state index is 0.0793. The second-order valence-corrected chi connectivity index (χ2v) is 6.98. The fourth-order valence-electron chi connectivity index (χ4n) is 4.43. The first kappa shape index (κ1) is 16.2. The van der Waals surface area contributed by atoms with Gasteiger partial charge < -0.3 is 4.90 Å². The van der Waals surface area contributed by atoms with Crippen LogP contribution in [0.15, 0.2) is 12.2 Å². The molecule has 23 heavy (non-hydrogen) atoms. The molecule has 5 nitrogen and oxygen atoms in total. The maximum atomic E-state index is 12.7. The Kier molecular flexibility index (Phi) is 4.55. The fourth-order valence-corrected chi connectivity index (χ4v) is 4.43. The molecule has 0 radical (unpaired) electrons. The Balaban J connectivity index is 1.73. The third-order valence-corrected chi connectivity index (χ3v) is 5.48. The second kappa shape index (κ2) is 6.46. The average Bonchev–Trinajstić information content (AvgIpc) is 2.83. The number of allylic oxidation sites excluding steroid dienone is 2. The molecule has 0 unspecified atom stereocenters. The van der Waals surface area contributed by atoms with Crippen LogP contribution in [-0.2, 0) is 14.4 Å². The van der Waals surface area contributed by atoms with Crippen molar-refractivity contribution >= 4 is 17.7 Å². The number of likely N-dealkylation sites (tertiary alicyclic amines) is 1. The molecule has 2 fully saturated rings. The van der Waals surface area contributed by atoms with E-state index in [0.717, 1.165) is 25.7 Å². The molecular weight excluding hydrogens is 292 g/mol. The molecule has 3 aliphatic carbocycles. The van der Waals surface area contributed by atoms with Crippen molar-refractivity contribution in [1.29, 1.82) is 0 Å². The molecule has 1 aliphatic heterocycles. The lowest BCUT2D eigenvalue weighted by atomic mass is 9.63. The van der Waals surface area contributed by atoms with Crippen molar-refractivity contribution in [2.45, 2.75) is 39.5 Å². The lowest BCUT2D eigenvalue weighted by Gasteiger charge is -2.38. The Hall–Kier alpha value is -1.65. The van der Waals surface area contributed by atoms with E-state index in [-0.39, 0.29) is 47.9 Å². The lowest BCUT2D eigenvalue weighted by Crippen LogP contribution is -2.44. The van der Waals surface area contributed by atoms with E-state index in [0.29, 0.717) is 13.1 Å². The first-order chi connectivity index (χ1) is 11.1. The van der Waals surface area contributed by atoms with Crippen LogP contribution in [0, 0.1) is 23.7 Å². The summed E-state index contributed by atoms with van der Waals surface area (Å²) < 4.78 is 0. The molecule has 4 aliphatic rings. The topological polar surface area (TPSA) is 57.7 Å². The van der Waals surface area contributed by atoms with E-state index in [2.05, 4.69) is 12.2 Å². The molecule has 0 aromatic rings. The van der Waals surface area contributed by atoms with E-state index in [1.54, 1.807) is 4.90 Å². The maximum Gasteiger partial charge on any atom is 0.242 e. The summed E-state index contributed by atoms with van der Waals surface area (Å²) in [6.45, 7) is 5.34. The van der Waals surface area contributed by atoms with Crippen molar-refractivity contribution in [3.8, 4) is 0 Å². The molecule has 1 saturated heterocycles. The fraction of sp³-hybridized carbons (Fsp3) is 0.722. The Morgan fingerprint density at radius 1 is 1.04 bits per heavy atom. The SMILES string of the molecule is CCCN(CCC)C(=O)CN1C(=O)[C@@H]2[C@H](C1=O)[C@H]1C=C[C@H]2CC1. The number of amides is 3. The van der Waals surface area contributed by atoms with Crippen LogP contribution in [0.3, 0.4) is 0 Å². The van der Waals surface area contributed by atoms with E-state index >= 15 is 0 Å². The largest absolute Gasteiger partial charge is 0.341 e. The van der Waals surface area contributed by atoms with Crippen LogP contribution in [-0.4, -0.2) is 47.2 Å². The zero-order chi connectivity index (χ0) is 16.6. The van der Waals surface area contributed by atoms with Crippen LogP contribution in [0.4, 0.5) is 0 Å². The standard InChI is InChI=1S/C18H26N2O3/c1-3-9-19(10-4-2)14(21)11-20-17(22)15-12-5-6-13(8-7-12)16(15)18(20)23/h5-6,12-13,15-16H,3-4,7-11H2,1-2H3/t12-,13-,15-,16+/m0/s1. The second-order valence-electron chi connectivity index (χ2n) is 6.98. The van der Waals surface area contributed by atoms with Gasteiger partial charge in [-0.15, -0.1) is 0 Å². The molecule has 1 heterocycles. The molecule has 0 spiro atoms. The van der Waals surface area contributed by atoms with E-state index in [1.807, 2.05) is 13.8 Å². The van der Waals surface area contributed by atoms with Crippen LogP contribution in [0.5, 0.6) is 0 Å². The molecule has 5 heteroatoms. The maximum absolute atomic E-state index is 12.7. The minimum Gasteiger partial charge on any atom is -0.341 e. The van der Waals surface area contributed by atoms with Crippen molar-refractivity contribution in [2.75, 3.05) is 19.6 Å². The number of imide groups is 1. The highest BCUT2D eigenvalue weighted by molar-refractivity contribution is 6.08. The van der Waals surface area contributed by atoms with Gasteiger partial charge in [0.15, 0.2) is 0 Å². The summed E-state index contributed by atoms with van der Waals surface area (Å²) >= 11 is 0. The highest BCUT2D eigenvalue weighted by Gasteiger charge is 2.56. The van der Waals surface area contributed by atoms with Crippen LogP contribution in [0.25, 0.3) is 0 Å². The quantitative estimate of drug-likeness (QED) is 0.554. The predicted molar refractivity (Wildman–Crippen MR) is 86.2 cm³/mol. The van der Waals surface area contributed by atoms with Crippen molar-refractivity contribution in [3.05, 3.63) is 12.2 Å². The molecular formula is C18H26N2O3. The summed E-state index contributed by atoms with van der Waals surface area (Å²) in [7, 11) is 0. The van der Waals surface area contributed by atoms with Crippen LogP contribution < -0.4 is 0 Å². The number of rotatable bonds is 6. The van der Waals surface area contributed by atoms with E-state index in [1.165, 1.54) is 4.90 Å². The van der Waals surface area contributed by atoms with Gasteiger partial charge in [0.05, 0.1) is 11.8 Å². The molecule has 0 aromatic carbocycles. The third kappa shape index (κ3) is 2.70. The zero-order valence-corrected chi connectivity index (χ0v) is 14.0. The molecule has 4 atom stereocenters.